The summed E-state index contributed by atoms with van der Waals surface area (Å²) in [6.45, 7) is 1.11. The van der Waals surface area contributed by atoms with Gasteiger partial charge in [-0.25, -0.2) is 17.2 Å². The first-order chi connectivity index (χ1) is 17.5. The Bertz CT molecular complexity index is 1260. The van der Waals surface area contributed by atoms with Gasteiger partial charge in [-0.3, -0.25) is 4.79 Å². The van der Waals surface area contributed by atoms with Crippen LogP contribution in [0.4, 0.5) is 35.1 Å². The summed E-state index contributed by atoms with van der Waals surface area (Å²) in [4.78, 5) is 14.1. The molecule has 0 atom stereocenters. The van der Waals surface area contributed by atoms with Gasteiger partial charge in [0.1, 0.15) is 10.6 Å². The van der Waals surface area contributed by atoms with Gasteiger partial charge < -0.3 is 9.64 Å². The molecular weight excluding hydrogens is 550 g/mol. The standard InChI is InChI=1S/C24H21F8NO4S/c25-18-5-7-19(8-6-18)38(35,36)21(13-15(14-21)20(34)33-9-11-37-12-10-33)16-1-3-17(4-2-16)22(26,23(27,28)29)24(30,31)32/h1-8,15H,9-14H2. The van der Waals surface area contributed by atoms with E-state index in [1.807, 2.05) is 0 Å². The van der Waals surface area contributed by atoms with Crippen molar-refractivity contribution in [2.75, 3.05) is 26.3 Å². The molecule has 208 valence electrons. The third-order valence-corrected chi connectivity index (χ3v) is 9.54. The molecule has 2 aromatic carbocycles. The minimum absolute atomic E-state index is 0.219. The van der Waals surface area contributed by atoms with E-state index in [0.717, 1.165) is 24.3 Å². The van der Waals surface area contributed by atoms with Gasteiger partial charge in [0.15, 0.2) is 9.84 Å². The van der Waals surface area contributed by atoms with Gasteiger partial charge >= 0.3 is 18.0 Å². The molecule has 14 heteroatoms. The van der Waals surface area contributed by atoms with E-state index < -0.39 is 49.9 Å². The summed E-state index contributed by atoms with van der Waals surface area (Å²) in [5.41, 5.74) is -7.67. The lowest BCUT2D eigenvalue weighted by Crippen LogP contribution is -2.55. The van der Waals surface area contributed by atoms with Gasteiger partial charge in [-0.05, 0) is 42.7 Å². The van der Waals surface area contributed by atoms with Crippen LogP contribution in [-0.2, 0) is 29.8 Å². The Labute approximate surface area is 212 Å². The summed E-state index contributed by atoms with van der Waals surface area (Å²) in [5.74, 6) is -1.92. The number of rotatable bonds is 5. The summed E-state index contributed by atoms with van der Waals surface area (Å²) < 4.78 is 138. The molecule has 1 saturated carbocycles. The van der Waals surface area contributed by atoms with Crippen LogP contribution in [0.5, 0.6) is 0 Å². The zero-order chi connectivity index (χ0) is 28.1. The van der Waals surface area contributed by atoms with Gasteiger partial charge in [-0.2, -0.15) is 26.3 Å². The highest BCUT2D eigenvalue weighted by molar-refractivity contribution is 7.92. The van der Waals surface area contributed by atoms with E-state index in [1.54, 1.807) is 0 Å². The Morgan fingerprint density at radius 3 is 1.82 bits per heavy atom. The van der Waals surface area contributed by atoms with Crippen LogP contribution in [0.3, 0.4) is 0 Å². The predicted octanol–water partition coefficient (Wildman–Crippen LogP) is 5.05. The third-order valence-electron chi connectivity index (χ3n) is 7.05. The van der Waals surface area contributed by atoms with Crippen molar-refractivity contribution in [3.63, 3.8) is 0 Å². The normalized spacial score (nSPS) is 23.2. The molecule has 1 heterocycles. The zero-order valence-electron chi connectivity index (χ0n) is 19.5. The SMILES string of the molecule is O=C(C1CC(c2ccc(C(F)(C(F)(F)F)C(F)(F)F)cc2)(S(=O)(=O)c2ccc(F)cc2)C1)N1CCOCC1. The molecule has 5 nitrogen and oxygen atoms in total. The number of ether oxygens (including phenoxy) is 1. The van der Waals surface area contributed by atoms with E-state index >= 15 is 0 Å². The highest BCUT2D eigenvalue weighted by atomic mass is 32.2. The van der Waals surface area contributed by atoms with Crippen LogP contribution in [0.25, 0.3) is 0 Å². The fraction of sp³-hybridized carbons (Fsp3) is 0.458. The molecular formula is C24H21F8NO4S. The molecule has 1 aliphatic carbocycles. The summed E-state index contributed by atoms with van der Waals surface area (Å²) in [6.07, 6.45) is -13.3. The van der Waals surface area contributed by atoms with Crippen molar-refractivity contribution in [3.05, 3.63) is 65.5 Å². The number of alkyl halides is 7. The highest BCUT2D eigenvalue weighted by Crippen LogP contribution is 2.56. The number of hydrogen-bond donors (Lipinski definition) is 0. The molecule has 0 unspecified atom stereocenters. The van der Waals surface area contributed by atoms with Gasteiger partial charge in [-0.1, -0.05) is 24.3 Å². The van der Waals surface area contributed by atoms with Gasteiger partial charge in [0.25, 0.3) is 0 Å². The van der Waals surface area contributed by atoms with E-state index in [2.05, 4.69) is 0 Å². The number of hydrogen-bond acceptors (Lipinski definition) is 4. The third kappa shape index (κ3) is 4.44. The topological polar surface area (TPSA) is 63.7 Å². The molecule has 0 bridgehead atoms. The maximum Gasteiger partial charge on any atom is 0.435 e. The summed E-state index contributed by atoms with van der Waals surface area (Å²) in [7, 11) is -4.44. The maximum atomic E-state index is 14.5. The molecule has 2 fully saturated rings. The number of morpholine rings is 1. The summed E-state index contributed by atoms with van der Waals surface area (Å²) in [6, 6.07) is 5.57. The quantitative estimate of drug-likeness (QED) is 0.372. The van der Waals surface area contributed by atoms with Crippen LogP contribution in [0, 0.1) is 11.7 Å². The molecule has 0 radical (unpaired) electrons. The molecule has 0 aromatic heterocycles. The Balaban J connectivity index is 1.75. The van der Waals surface area contributed by atoms with E-state index in [9.17, 15) is 48.3 Å². The molecule has 0 N–H and O–H groups in total. The lowest BCUT2D eigenvalue weighted by atomic mass is 9.69. The molecule has 2 aromatic rings. The Kier molecular flexibility index (Phi) is 7.05. The largest absolute Gasteiger partial charge is 0.435 e. The zero-order valence-corrected chi connectivity index (χ0v) is 20.3. The van der Waals surface area contributed by atoms with E-state index in [0.29, 0.717) is 12.1 Å². The Hall–Kier alpha value is -2.74. The van der Waals surface area contributed by atoms with Crippen molar-refractivity contribution in [2.24, 2.45) is 5.92 Å². The van der Waals surface area contributed by atoms with E-state index in [4.69, 9.17) is 4.74 Å². The smallest absolute Gasteiger partial charge is 0.378 e. The first-order valence-corrected chi connectivity index (χ1v) is 12.8. The average Bonchev–Trinajstić information content (AvgIpc) is 2.82. The predicted molar refractivity (Wildman–Crippen MR) is 117 cm³/mol. The molecule has 0 spiro atoms. The summed E-state index contributed by atoms with van der Waals surface area (Å²) >= 11 is 0. The molecule has 1 aliphatic heterocycles. The van der Waals surface area contributed by atoms with Gasteiger partial charge in [0, 0.05) is 24.6 Å². The van der Waals surface area contributed by atoms with Crippen LogP contribution in [0.15, 0.2) is 53.4 Å². The monoisotopic (exact) mass is 571 g/mol. The Morgan fingerprint density at radius 1 is 0.842 bits per heavy atom. The van der Waals surface area contributed by atoms with Crippen molar-refractivity contribution in [1.82, 2.24) is 4.90 Å². The van der Waals surface area contributed by atoms with E-state index in [1.165, 1.54) is 4.90 Å². The molecule has 1 saturated heterocycles. The fourth-order valence-corrected chi connectivity index (χ4v) is 7.13. The van der Waals surface area contributed by atoms with Crippen molar-refractivity contribution < 1.29 is 53.1 Å². The van der Waals surface area contributed by atoms with Crippen LogP contribution in [0.2, 0.25) is 0 Å². The van der Waals surface area contributed by atoms with Crippen molar-refractivity contribution in [2.45, 2.75) is 40.5 Å². The molecule has 38 heavy (non-hydrogen) atoms. The number of carbonyl (C=O) groups is 1. The van der Waals surface area contributed by atoms with Crippen molar-refractivity contribution in [1.29, 1.82) is 0 Å². The Morgan fingerprint density at radius 2 is 1.34 bits per heavy atom. The molecule has 1 amide bonds. The number of halogens is 8. The maximum absolute atomic E-state index is 14.5. The van der Waals surface area contributed by atoms with E-state index in [-0.39, 0.29) is 67.6 Å². The fourth-order valence-electron chi connectivity index (χ4n) is 4.89. The van der Waals surface area contributed by atoms with Gasteiger partial charge in [0.05, 0.1) is 18.1 Å². The van der Waals surface area contributed by atoms with Crippen molar-refractivity contribution >= 4 is 15.7 Å². The average molecular weight is 571 g/mol. The highest BCUT2D eigenvalue weighted by Gasteiger charge is 2.73. The second-order valence-electron chi connectivity index (χ2n) is 9.23. The lowest BCUT2D eigenvalue weighted by molar-refractivity contribution is -0.348. The van der Waals surface area contributed by atoms with Crippen LogP contribution in [0.1, 0.15) is 24.0 Å². The molecule has 2 aliphatic rings. The second-order valence-corrected chi connectivity index (χ2v) is 11.5. The van der Waals surface area contributed by atoms with Crippen LogP contribution >= 0.6 is 0 Å². The van der Waals surface area contributed by atoms with Gasteiger partial charge in [-0.15, -0.1) is 0 Å². The number of benzene rings is 2. The first kappa shape index (κ1) is 28.3. The number of nitrogens with zero attached hydrogens (tertiary/aromatic N) is 1. The van der Waals surface area contributed by atoms with Crippen LogP contribution in [-0.4, -0.2) is 57.9 Å². The first-order valence-electron chi connectivity index (χ1n) is 11.3. The summed E-state index contributed by atoms with van der Waals surface area (Å²) in [5, 5.41) is 0. The number of sulfone groups is 1. The minimum atomic E-state index is -6.34. The number of amides is 1. The molecule has 4 rings (SSSR count). The lowest BCUT2D eigenvalue weighted by Gasteiger charge is -2.48. The minimum Gasteiger partial charge on any atom is -0.378 e. The number of carbonyl (C=O) groups excluding carboxylic acids is 1. The van der Waals surface area contributed by atoms with Gasteiger partial charge in [0.2, 0.25) is 5.91 Å². The van der Waals surface area contributed by atoms with Crippen molar-refractivity contribution in [3.8, 4) is 0 Å². The second kappa shape index (κ2) is 9.47. The van der Waals surface area contributed by atoms with Crippen LogP contribution < -0.4 is 0 Å².